The van der Waals surface area contributed by atoms with Crippen molar-refractivity contribution in [3.8, 4) is 22.5 Å². The third kappa shape index (κ3) is 3.79. The second-order valence-corrected chi connectivity index (χ2v) is 9.17. The molecule has 2 aromatic carbocycles. The highest BCUT2D eigenvalue weighted by Crippen LogP contribution is 2.31. The fourth-order valence-electron chi connectivity index (χ4n) is 3.35. The first-order valence-electron chi connectivity index (χ1n) is 9.31. The number of aromatic nitrogens is 3. The standard InChI is InChI=1S/C22H19FN4O3S/c1-26(2)22(28)14-8-9-20-17(10-14)18(13-27(20)31(3,29)30)21-24-11-15(12-25-21)16-6-4-5-7-19(16)23/h4-13H,1-3H3. The average Bonchev–Trinajstić information content (AvgIpc) is 3.13. The van der Waals surface area contributed by atoms with Gasteiger partial charge < -0.3 is 4.90 Å². The van der Waals surface area contributed by atoms with Gasteiger partial charge in [-0.15, -0.1) is 0 Å². The number of carbonyl (C=O) groups is 1. The minimum atomic E-state index is -3.61. The zero-order valence-electron chi connectivity index (χ0n) is 17.1. The van der Waals surface area contributed by atoms with Crippen molar-refractivity contribution in [2.45, 2.75) is 0 Å². The van der Waals surface area contributed by atoms with Crippen molar-refractivity contribution in [3.05, 3.63) is 72.4 Å². The minimum absolute atomic E-state index is 0.212. The molecule has 0 N–H and O–H groups in total. The van der Waals surface area contributed by atoms with E-state index in [-0.39, 0.29) is 17.5 Å². The number of nitrogens with zero attached hydrogens (tertiary/aromatic N) is 4. The topological polar surface area (TPSA) is 85.2 Å². The Morgan fingerprint density at radius 3 is 2.32 bits per heavy atom. The van der Waals surface area contributed by atoms with E-state index in [9.17, 15) is 17.6 Å². The molecule has 31 heavy (non-hydrogen) atoms. The number of amides is 1. The maximum absolute atomic E-state index is 14.1. The molecule has 0 saturated heterocycles. The van der Waals surface area contributed by atoms with Crippen molar-refractivity contribution >= 4 is 26.8 Å². The molecule has 4 aromatic rings. The summed E-state index contributed by atoms with van der Waals surface area (Å²) in [4.78, 5) is 22.5. The quantitative estimate of drug-likeness (QED) is 0.487. The van der Waals surface area contributed by atoms with Crippen molar-refractivity contribution in [2.24, 2.45) is 0 Å². The number of halogens is 1. The summed E-state index contributed by atoms with van der Waals surface area (Å²) in [6.45, 7) is 0. The summed E-state index contributed by atoms with van der Waals surface area (Å²) < 4.78 is 39.8. The molecule has 0 aliphatic heterocycles. The molecule has 0 fully saturated rings. The molecule has 4 rings (SSSR count). The third-order valence-corrected chi connectivity index (χ3v) is 5.88. The van der Waals surface area contributed by atoms with E-state index in [1.807, 2.05) is 0 Å². The molecule has 0 spiro atoms. The first-order chi connectivity index (χ1) is 14.7. The summed E-state index contributed by atoms with van der Waals surface area (Å²) in [6.07, 6.45) is 5.50. The van der Waals surface area contributed by atoms with E-state index in [0.717, 1.165) is 10.2 Å². The van der Waals surface area contributed by atoms with Crippen LogP contribution in [0.4, 0.5) is 4.39 Å². The Balaban J connectivity index is 1.89. The molecule has 0 saturated carbocycles. The molecular weight excluding hydrogens is 419 g/mol. The van der Waals surface area contributed by atoms with Gasteiger partial charge in [0.1, 0.15) is 5.82 Å². The number of hydrogen-bond donors (Lipinski definition) is 0. The Morgan fingerprint density at radius 2 is 1.71 bits per heavy atom. The van der Waals surface area contributed by atoms with Crippen LogP contribution in [0.2, 0.25) is 0 Å². The van der Waals surface area contributed by atoms with Crippen molar-refractivity contribution in [1.82, 2.24) is 18.8 Å². The molecule has 158 valence electrons. The van der Waals surface area contributed by atoms with Gasteiger partial charge in [-0.3, -0.25) is 4.79 Å². The number of fused-ring (bicyclic) bond motifs is 1. The second-order valence-electron chi connectivity index (χ2n) is 7.31. The number of rotatable bonds is 4. The number of carbonyl (C=O) groups excluding carboxylic acids is 1. The van der Waals surface area contributed by atoms with Gasteiger partial charge in [-0.25, -0.2) is 26.7 Å². The van der Waals surface area contributed by atoms with E-state index in [1.165, 1.54) is 29.6 Å². The third-order valence-electron chi connectivity index (χ3n) is 4.86. The second kappa shape index (κ2) is 7.59. The number of hydrogen-bond acceptors (Lipinski definition) is 5. The van der Waals surface area contributed by atoms with E-state index < -0.39 is 10.0 Å². The molecule has 0 unspecified atom stereocenters. The van der Waals surface area contributed by atoms with Gasteiger partial charge in [0, 0.05) is 60.3 Å². The van der Waals surface area contributed by atoms with Gasteiger partial charge in [-0.1, -0.05) is 18.2 Å². The normalized spacial score (nSPS) is 11.6. The van der Waals surface area contributed by atoms with E-state index in [4.69, 9.17) is 0 Å². The van der Waals surface area contributed by atoms with Crippen molar-refractivity contribution in [3.63, 3.8) is 0 Å². The average molecular weight is 438 g/mol. The lowest BCUT2D eigenvalue weighted by Crippen LogP contribution is -2.21. The Kier molecular flexibility index (Phi) is 5.06. The predicted octanol–water partition coefficient (Wildman–Crippen LogP) is 3.41. The minimum Gasteiger partial charge on any atom is -0.345 e. The summed E-state index contributed by atoms with van der Waals surface area (Å²) in [5, 5.41) is 0.525. The van der Waals surface area contributed by atoms with Crippen LogP contribution in [0.5, 0.6) is 0 Å². The van der Waals surface area contributed by atoms with E-state index in [0.29, 0.717) is 33.2 Å². The first-order valence-corrected chi connectivity index (χ1v) is 11.2. The van der Waals surface area contributed by atoms with E-state index in [2.05, 4.69) is 9.97 Å². The van der Waals surface area contributed by atoms with Crippen LogP contribution < -0.4 is 0 Å². The summed E-state index contributed by atoms with van der Waals surface area (Å²) in [6, 6.07) is 11.1. The van der Waals surface area contributed by atoms with Gasteiger partial charge >= 0.3 is 0 Å². The van der Waals surface area contributed by atoms with Crippen molar-refractivity contribution in [1.29, 1.82) is 0 Å². The molecule has 7 nitrogen and oxygen atoms in total. The van der Waals surface area contributed by atoms with Crippen LogP contribution in [0.25, 0.3) is 33.4 Å². The maximum atomic E-state index is 14.1. The molecule has 2 heterocycles. The fourth-order valence-corrected chi connectivity index (χ4v) is 4.16. The highest BCUT2D eigenvalue weighted by molar-refractivity contribution is 7.89. The van der Waals surface area contributed by atoms with Gasteiger partial charge in [0.15, 0.2) is 5.82 Å². The largest absolute Gasteiger partial charge is 0.345 e. The highest BCUT2D eigenvalue weighted by atomic mass is 32.2. The summed E-state index contributed by atoms with van der Waals surface area (Å²) in [7, 11) is -0.329. The summed E-state index contributed by atoms with van der Waals surface area (Å²) >= 11 is 0. The van der Waals surface area contributed by atoms with Crippen LogP contribution in [-0.2, 0) is 10.0 Å². The Hall–Kier alpha value is -3.59. The van der Waals surface area contributed by atoms with Crippen LogP contribution in [0.1, 0.15) is 10.4 Å². The monoisotopic (exact) mass is 438 g/mol. The molecule has 9 heteroatoms. The molecule has 0 radical (unpaired) electrons. The van der Waals surface area contributed by atoms with Gasteiger partial charge in [-0.05, 0) is 24.3 Å². The molecule has 0 aliphatic carbocycles. The fraction of sp³-hybridized carbons (Fsp3) is 0.136. The zero-order valence-corrected chi connectivity index (χ0v) is 17.9. The van der Waals surface area contributed by atoms with Gasteiger partial charge in [0.25, 0.3) is 5.91 Å². The summed E-state index contributed by atoms with van der Waals surface area (Å²) in [5.41, 5.74) is 2.14. The molecule has 0 bridgehead atoms. The van der Waals surface area contributed by atoms with Gasteiger partial charge in [0.05, 0.1) is 11.8 Å². The van der Waals surface area contributed by atoms with Crippen LogP contribution >= 0.6 is 0 Å². The Morgan fingerprint density at radius 1 is 1.03 bits per heavy atom. The molecule has 2 aromatic heterocycles. The first kappa shape index (κ1) is 20.7. The number of benzene rings is 2. The van der Waals surface area contributed by atoms with Crippen LogP contribution in [-0.4, -0.2) is 53.5 Å². The van der Waals surface area contributed by atoms with Crippen LogP contribution in [0.3, 0.4) is 0 Å². The Bertz CT molecular complexity index is 1410. The van der Waals surface area contributed by atoms with Crippen molar-refractivity contribution < 1.29 is 17.6 Å². The summed E-state index contributed by atoms with van der Waals surface area (Å²) in [5.74, 6) is -0.336. The highest BCUT2D eigenvalue weighted by Gasteiger charge is 2.20. The molecule has 0 aliphatic rings. The van der Waals surface area contributed by atoms with Gasteiger partial charge in [-0.2, -0.15) is 0 Å². The van der Waals surface area contributed by atoms with Gasteiger partial charge in [0.2, 0.25) is 10.0 Å². The maximum Gasteiger partial charge on any atom is 0.253 e. The lowest BCUT2D eigenvalue weighted by molar-refractivity contribution is 0.0828. The smallest absolute Gasteiger partial charge is 0.253 e. The molecular formula is C22H19FN4O3S. The van der Waals surface area contributed by atoms with Crippen molar-refractivity contribution in [2.75, 3.05) is 20.4 Å². The van der Waals surface area contributed by atoms with Crippen LogP contribution in [0, 0.1) is 5.82 Å². The zero-order chi connectivity index (χ0) is 22.3. The lowest BCUT2D eigenvalue weighted by atomic mass is 10.1. The predicted molar refractivity (Wildman–Crippen MR) is 117 cm³/mol. The van der Waals surface area contributed by atoms with Crippen LogP contribution in [0.15, 0.2) is 61.1 Å². The SMILES string of the molecule is CN(C)C(=O)c1ccc2c(c1)c(-c1ncc(-c3ccccc3F)cn1)cn2S(C)(=O)=O. The molecule has 1 amide bonds. The lowest BCUT2D eigenvalue weighted by Gasteiger charge is -2.10. The van der Waals surface area contributed by atoms with E-state index >= 15 is 0 Å². The Labute approximate surface area is 178 Å². The molecule has 0 atom stereocenters. The van der Waals surface area contributed by atoms with E-state index in [1.54, 1.807) is 50.5 Å².